The van der Waals surface area contributed by atoms with Gasteiger partial charge in [0.2, 0.25) is 0 Å². The third kappa shape index (κ3) is 7.33. The molecule has 1 heterocycles. The zero-order valence-electron chi connectivity index (χ0n) is 24.6. The van der Waals surface area contributed by atoms with Gasteiger partial charge in [0, 0.05) is 37.3 Å². The molecule has 0 spiro atoms. The van der Waals surface area contributed by atoms with Crippen LogP contribution in [0.2, 0.25) is 0 Å². The normalized spacial score (nSPS) is 11.2. The van der Waals surface area contributed by atoms with E-state index in [1.165, 1.54) is 22.4 Å². The minimum atomic E-state index is 0.662. The quantitative estimate of drug-likeness (QED) is 0.148. The van der Waals surface area contributed by atoms with Crippen molar-refractivity contribution >= 4 is 0 Å². The monoisotopic (exact) mass is 543 g/mol. The first-order chi connectivity index (χ1) is 20.1. The van der Waals surface area contributed by atoms with E-state index in [0.717, 1.165) is 67.4 Å². The Labute approximate surface area is 245 Å². The molecule has 210 valence electrons. The number of ether oxygens (including phenoxy) is 1. The molecule has 0 saturated heterocycles. The summed E-state index contributed by atoms with van der Waals surface area (Å²) < 4.78 is 8.31. The van der Waals surface area contributed by atoms with Crippen LogP contribution in [0.3, 0.4) is 0 Å². The number of benzene rings is 4. The summed E-state index contributed by atoms with van der Waals surface area (Å²) in [5.74, 6) is 1.96. The van der Waals surface area contributed by atoms with E-state index < -0.39 is 0 Å². The number of hydrogen-bond acceptors (Lipinski definition) is 3. The van der Waals surface area contributed by atoms with Crippen LogP contribution in [0.5, 0.6) is 5.75 Å². The lowest BCUT2D eigenvalue weighted by Crippen LogP contribution is -2.24. The third-order valence-electron chi connectivity index (χ3n) is 7.36. The topological polar surface area (TPSA) is 30.3 Å². The predicted octanol–water partition coefficient (Wildman–Crippen LogP) is 8.93. The summed E-state index contributed by atoms with van der Waals surface area (Å²) in [6, 6.07) is 38.6. The fraction of sp³-hybridized carbons (Fsp3) is 0.270. The van der Waals surface area contributed by atoms with E-state index in [2.05, 4.69) is 126 Å². The zero-order chi connectivity index (χ0) is 28.4. The third-order valence-corrected chi connectivity index (χ3v) is 7.36. The lowest BCUT2D eigenvalue weighted by Gasteiger charge is -2.25. The van der Waals surface area contributed by atoms with Crippen molar-refractivity contribution in [1.82, 2.24) is 14.5 Å². The Hall–Kier alpha value is -4.15. The molecule has 4 heteroatoms. The average Bonchev–Trinajstić information content (AvgIpc) is 3.35. The Morgan fingerprint density at radius 2 is 1.37 bits per heavy atom. The molecule has 0 unspecified atom stereocenters. The molecule has 0 N–H and O–H groups in total. The van der Waals surface area contributed by atoms with Gasteiger partial charge in [-0.3, -0.25) is 4.90 Å². The molecule has 0 aliphatic heterocycles. The van der Waals surface area contributed by atoms with Crippen molar-refractivity contribution < 1.29 is 4.74 Å². The van der Waals surface area contributed by atoms with Crippen LogP contribution in [0.15, 0.2) is 109 Å². The number of unbranched alkanes of at least 4 members (excludes halogenated alkanes) is 1. The molecule has 0 radical (unpaired) electrons. The smallest absolute Gasteiger partial charge is 0.140 e. The second-order valence-electron chi connectivity index (χ2n) is 10.7. The van der Waals surface area contributed by atoms with Gasteiger partial charge in [0.25, 0.3) is 0 Å². The van der Waals surface area contributed by atoms with Gasteiger partial charge < -0.3 is 9.30 Å². The van der Waals surface area contributed by atoms with Crippen LogP contribution in [0.1, 0.15) is 49.1 Å². The van der Waals surface area contributed by atoms with Gasteiger partial charge in [-0.15, -0.1) is 0 Å². The fourth-order valence-electron chi connectivity index (χ4n) is 5.45. The van der Waals surface area contributed by atoms with Gasteiger partial charge in [0.15, 0.2) is 0 Å². The highest BCUT2D eigenvalue weighted by Crippen LogP contribution is 2.32. The molecule has 0 atom stereocenters. The van der Waals surface area contributed by atoms with Crippen molar-refractivity contribution in [2.75, 3.05) is 6.61 Å². The largest absolute Gasteiger partial charge is 0.494 e. The summed E-state index contributed by atoms with van der Waals surface area (Å²) in [6.45, 7) is 10.5. The second-order valence-corrected chi connectivity index (χ2v) is 10.7. The maximum absolute atomic E-state index is 5.84. The van der Waals surface area contributed by atoms with Crippen molar-refractivity contribution in [3.63, 3.8) is 0 Å². The molecule has 5 rings (SSSR count). The fourth-order valence-corrected chi connectivity index (χ4v) is 5.45. The SMILES string of the molecule is CCCCn1c(-c2ccccc2)nc(-c2ccccc2)c1CN(Cc1cccc(C)c1)Cc1cccc(OCC)c1. The van der Waals surface area contributed by atoms with Crippen LogP contribution in [-0.4, -0.2) is 21.1 Å². The van der Waals surface area contributed by atoms with E-state index in [9.17, 15) is 0 Å². The van der Waals surface area contributed by atoms with E-state index in [4.69, 9.17) is 9.72 Å². The molecule has 1 aromatic heterocycles. The molecule has 0 aliphatic rings. The highest BCUT2D eigenvalue weighted by atomic mass is 16.5. The molecule has 5 aromatic rings. The maximum atomic E-state index is 5.84. The van der Waals surface area contributed by atoms with Crippen molar-refractivity contribution in [3.8, 4) is 28.4 Å². The van der Waals surface area contributed by atoms with E-state index >= 15 is 0 Å². The van der Waals surface area contributed by atoms with E-state index in [1.807, 2.05) is 13.0 Å². The molecule has 41 heavy (non-hydrogen) atoms. The van der Waals surface area contributed by atoms with Gasteiger partial charge in [0.05, 0.1) is 18.0 Å². The second kappa shape index (κ2) is 14.0. The number of hydrogen-bond donors (Lipinski definition) is 0. The number of nitrogens with zero attached hydrogens (tertiary/aromatic N) is 3. The summed E-state index contributed by atoms with van der Waals surface area (Å²) in [4.78, 5) is 7.88. The van der Waals surface area contributed by atoms with E-state index in [0.29, 0.717) is 6.61 Å². The summed E-state index contributed by atoms with van der Waals surface area (Å²) in [5, 5.41) is 0. The van der Waals surface area contributed by atoms with Crippen LogP contribution in [-0.2, 0) is 26.2 Å². The van der Waals surface area contributed by atoms with Gasteiger partial charge in [-0.05, 0) is 43.5 Å². The van der Waals surface area contributed by atoms with Crippen LogP contribution < -0.4 is 4.74 Å². The molecule has 4 aromatic carbocycles. The maximum Gasteiger partial charge on any atom is 0.140 e. The molecule has 0 fully saturated rings. The van der Waals surface area contributed by atoms with Crippen LogP contribution in [0, 0.1) is 6.92 Å². The Kier molecular flexibility index (Phi) is 9.66. The van der Waals surface area contributed by atoms with Crippen LogP contribution in [0.25, 0.3) is 22.6 Å². The standard InChI is InChI=1S/C37H41N3O/c1-4-6-23-40-35(36(32-18-9-7-10-19-32)38-37(40)33-20-11-8-12-21-33)28-39(26-30-16-13-15-29(3)24-30)27-31-17-14-22-34(25-31)41-5-2/h7-22,24-25H,4-6,23,26-28H2,1-3H3. The molecular weight excluding hydrogens is 502 g/mol. The molecule has 0 bridgehead atoms. The van der Waals surface area contributed by atoms with E-state index in [-0.39, 0.29) is 0 Å². The van der Waals surface area contributed by atoms with Crippen LogP contribution in [0.4, 0.5) is 0 Å². The number of aryl methyl sites for hydroxylation is 1. The Bertz CT molecular complexity index is 1520. The lowest BCUT2D eigenvalue weighted by atomic mass is 10.1. The minimum Gasteiger partial charge on any atom is -0.494 e. The molecule has 0 amide bonds. The summed E-state index contributed by atoms with van der Waals surface area (Å²) in [6.07, 6.45) is 2.23. The number of aromatic nitrogens is 2. The minimum absolute atomic E-state index is 0.662. The lowest BCUT2D eigenvalue weighted by molar-refractivity contribution is 0.240. The van der Waals surface area contributed by atoms with Gasteiger partial charge in [0.1, 0.15) is 11.6 Å². The molecular formula is C37H41N3O. The number of imidazole rings is 1. The molecule has 0 saturated carbocycles. The summed E-state index contributed by atoms with van der Waals surface area (Å²) >= 11 is 0. The predicted molar refractivity (Wildman–Crippen MR) is 170 cm³/mol. The first kappa shape index (κ1) is 28.4. The van der Waals surface area contributed by atoms with Crippen LogP contribution >= 0.6 is 0 Å². The molecule has 4 nitrogen and oxygen atoms in total. The average molecular weight is 544 g/mol. The van der Waals surface area contributed by atoms with Crippen molar-refractivity contribution in [2.45, 2.75) is 59.8 Å². The number of rotatable bonds is 13. The Morgan fingerprint density at radius 3 is 2.02 bits per heavy atom. The van der Waals surface area contributed by atoms with Gasteiger partial charge in [-0.1, -0.05) is 116 Å². The van der Waals surface area contributed by atoms with Crippen molar-refractivity contribution in [3.05, 3.63) is 132 Å². The Morgan fingerprint density at radius 1 is 0.707 bits per heavy atom. The first-order valence-corrected chi connectivity index (χ1v) is 14.8. The van der Waals surface area contributed by atoms with Gasteiger partial charge >= 0.3 is 0 Å². The summed E-state index contributed by atoms with van der Waals surface area (Å²) in [5.41, 5.74) is 8.48. The highest BCUT2D eigenvalue weighted by molar-refractivity contribution is 5.68. The van der Waals surface area contributed by atoms with Crippen molar-refractivity contribution in [1.29, 1.82) is 0 Å². The van der Waals surface area contributed by atoms with E-state index in [1.54, 1.807) is 0 Å². The van der Waals surface area contributed by atoms with Gasteiger partial charge in [-0.25, -0.2) is 4.98 Å². The summed E-state index contributed by atoms with van der Waals surface area (Å²) in [7, 11) is 0. The first-order valence-electron chi connectivity index (χ1n) is 14.8. The highest BCUT2D eigenvalue weighted by Gasteiger charge is 2.22. The Balaban J connectivity index is 1.60. The molecule has 0 aliphatic carbocycles. The van der Waals surface area contributed by atoms with Crippen molar-refractivity contribution in [2.24, 2.45) is 0 Å². The van der Waals surface area contributed by atoms with Gasteiger partial charge in [-0.2, -0.15) is 0 Å². The zero-order valence-corrected chi connectivity index (χ0v) is 24.6.